The third-order valence-electron chi connectivity index (χ3n) is 4.65. The molecule has 2 aromatic rings. The van der Waals surface area contributed by atoms with Crippen molar-refractivity contribution in [3.05, 3.63) is 58.3 Å². The van der Waals surface area contributed by atoms with Gasteiger partial charge in [-0.05, 0) is 50.1 Å². The topological polar surface area (TPSA) is 63.6 Å². The zero-order chi connectivity index (χ0) is 18.2. The number of rotatable bonds is 3. The summed E-state index contributed by atoms with van der Waals surface area (Å²) in [5.74, 6) is -0.536. The van der Waals surface area contributed by atoms with Crippen LogP contribution in [-0.4, -0.2) is 24.9 Å². The Balaban J connectivity index is 1.96. The maximum absolute atomic E-state index is 14.3. The molecule has 25 heavy (non-hydrogen) atoms. The van der Waals surface area contributed by atoms with Gasteiger partial charge in [-0.2, -0.15) is 0 Å². The summed E-state index contributed by atoms with van der Waals surface area (Å²) in [6.07, 6.45) is -0.192. The molecule has 0 radical (unpaired) electrons. The Morgan fingerprint density at radius 1 is 1.28 bits per heavy atom. The smallest absolute Gasteiger partial charge is 0.184 e. The molecule has 0 spiro atoms. The predicted molar refractivity (Wildman–Crippen MR) is 95.7 cm³/mol. The highest BCUT2D eigenvalue weighted by atomic mass is 79.9. The lowest BCUT2D eigenvalue weighted by molar-refractivity contribution is -0.00164. The van der Waals surface area contributed by atoms with E-state index in [1.165, 1.54) is 30.3 Å². The molecule has 1 saturated heterocycles. The highest BCUT2D eigenvalue weighted by molar-refractivity contribution is 9.10. The lowest BCUT2D eigenvalue weighted by atomic mass is 9.92. The Kier molecular flexibility index (Phi) is 4.92. The number of ether oxygens (including phenoxy) is 1. The van der Waals surface area contributed by atoms with E-state index in [4.69, 9.17) is 4.74 Å². The van der Waals surface area contributed by atoms with E-state index in [9.17, 15) is 17.9 Å². The number of hydrogen-bond acceptors (Lipinski definition) is 4. The molecule has 1 N–H and O–H groups in total. The third-order valence-corrected chi connectivity index (χ3v) is 7.69. The molecule has 0 aromatic heterocycles. The molecular weight excluding hydrogens is 411 g/mol. The van der Waals surface area contributed by atoms with E-state index >= 15 is 0 Å². The van der Waals surface area contributed by atoms with Gasteiger partial charge in [-0.25, -0.2) is 12.8 Å². The number of sulfone groups is 1. The molecule has 2 atom stereocenters. The van der Waals surface area contributed by atoms with Crippen LogP contribution >= 0.6 is 15.9 Å². The summed E-state index contributed by atoms with van der Waals surface area (Å²) >= 11 is 3.21. The summed E-state index contributed by atoms with van der Waals surface area (Å²) in [4.78, 5) is 0.0620. The SMILES string of the molecule is CC1(S(=O)(=O)c2cccc(O)c2)CCOC(c2ccc(Br)cc2F)C1. The second-order valence-corrected chi connectivity index (χ2v) is 9.81. The average Bonchev–Trinajstić information content (AvgIpc) is 2.54. The van der Waals surface area contributed by atoms with E-state index < -0.39 is 26.5 Å². The maximum Gasteiger partial charge on any atom is 0.184 e. The molecule has 4 nitrogen and oxygen atoms in total. The van der Waals surface area contributed by atoms with Crippen molar-refractivity contribution < 1.29 is 22.7 Å². The highest BCUT2D eigenvalue weighted by Crippen LogP contribution is 2.43. The number of benzene rings is 2. The van der Waals surface area contributed by atoms with Crippen LogP contribution < -0.4 is 0 Å². The standard InChI is InChI=1S/C18H18BrFO4S/c1-18(25(22,23)14-4-2-3-13(21)10-14)7-8-24-17(11-18)15-6-5-12(19)9-16(15)20/h2-6,9-10,17,21H,7-8,11H2,1H3. The van der Waals surface area contributed by atoms with Crippen LogP contribution in [0, 0.1) is 5.82 Å². The second kappa shape index (κ2) is 6.70. The van der Waals surface area contributed by atoms with E-state index in [1.54, 1.807) is 19.1 Å². The highest BCUT2D eigenvalue weighted by Gasteiger charge is 2.45. The van der Waals surface area contributed by atoms with Crippen LogP contribution in [0.4, 0.5) is 4.39 Å². The van der Waals surface area contributed by atoms with Crippen LogP contribution in [0.15, 0.2) is 51.8 Å². The summed E-state index contributed by atoms with van der Waals surface area (Å²) in [6.45, 7) is 1.87. The molecule has 0 saturated carbocycles. The predicted octanol–water partition coefficient (Wildman–Crippen LogP) is 4.38. The molecule has 7 heteroatoms. The van der Waals surface area contributed by atoms with Gasteiger partial charge in [-0.1, -0.05) is 28.1 Å². The first-order chi connectivity index (χ1) is 11.7. The fourth-order valence-corrected chi connectivity index (χ4v) is 5.27. The van der Waals surface area contributed by atoms with Crippen molar-refractivity contribution >= 4 is 25.8 Å². The van der Waals surface area contributed by atoms with Gasteiger partial charge in [-0.3, -0.25) is 0 Å². The minimum Gasteiger partial charge on any atom is -0.508 e. The lowest BCUT2D eigenvalue weighted by Crippen LogP contribution is -2.42. The number of halogens is 2. The Morgan fingerprint density at radius 3 is 2.72 bits per heavy atom. The molecule has 0 bridgehead atoms. The van der Waals surface area contributed by atoms with Crippen molar-refractivity contribution in [2.24, 2.45) is 0 Å². The van der Waals surface area contributed by atoms with Crippen molar-refractivity contribution in [3.8, 4) is 5.75 Å². The third kappa shape index (κ3) is 3.45. The van der Waals surface area contributed by atoms with Gasteiger partial charge < -0.3 is 9.84 Å². The number of aromatic hydroxyl groups is 1. The van der Waals surface area contributed by atoms with Gasteiger partial charge in [0.2, 0.25) is 0 Å². The summed E-state index contributed by atoms with van der Waals surface area (Å²) in [5.41, 5.74) is 0.347. The first-order valence-electron chi connectivity index (χ1n) is 7.83. The maximum atomic E-state index is 14.3. The molecule has 0 aliphatic carbocycles. The molecule has 134 valence electrons. The van der Waals surface area contributed by atoms with Gasteiger partial charge in [0.15, 0.2) is 9.84 Å². The Hall–Kier alpha value is -1.44. The monoisotopic (exact) mass is 428 g/mol. The lowest BCUT2D eigenvalue weighted by Gasteiger charge is -2.38. The summed E-state index contributed by atoms with van der Waals surface area (Å²) in [5, 5.41) is 9.61. The molecule has 2 unspecified atom stereocenters. The van der Waals surface area contributed by atoms with Crippen LogP contribution in [0.2, 0.25) is 0 Å². The Bertz CT molecular complexity index is 900. The Morgan fingerprint density at radius 2 is 2.04 bits per heavy atom. The molecule has 2 aromatic carbocycles. The minimum absolute atomic E-state index is 0.0620. The molecule has 0 amide bonds. The van der Waals surface area contributed by atoms with Crippen molar-refractivity contribution in [1.82, 2.24) is 0 Å². The van der Waals surface area contributed by atoms with Gasteiger partial charge in [-0.15, -0.1) is 0 Å². The zero-order valence-corrected chi connectivity index (χ0v) is 16.0. The summed E-state index contributed by atoms with van der Waals surface area (Å²) < 4.78 is 45.7. The van der Waals surface area contributed by atoms with E-state index in [0.717, 1.165) is 0 Å². The first kappa shape index (κ1) is 18.4. The van der Waals surface area contributed by atoms with Crippen molar-refractivity contribution in [2.45, 2.75) is 35.5 Å². The van der Waals surface area contributed by atoms with E-state index in [1.807, 2.05) is 0 Å². The van der Waals surface area contributed by atoms with Crippen LogP contribution in [0.3, 0.4) is 0 Å². The van der Waals surface area contributed by atoms with Crippen molar-refractivity contribution in [1.29, 1.82) is 0 Å². The largest absolute Gasteiger partial charge is 0.508 e. The normalized spacial score (nSPS) is 24.2. The van der Waals surface area contributed by atoms with Crippen LogP contribution in [0.5, 0.6) is 5.75 Å². The molecule has 3 rings (SSSR count). The van der Waals surface area contributed by atoms with Crippen molar-refractivity contribution in [2.75, 3.05) is 6.61 Å². The molecule has 1 aliphatic heterocycles. The van der Waals surface area contributed by atoms with Gasteiger partial charge in [0, 0.05) is 16.6 Å². The Labute approximate surface area is 154 Å². The summed E-state index contributed by atoms with van der Waals surface area (Å²) in [6, 6.07) is 10.3. The van der Waals surface area contributed by atoms with E-state index in [-0.39, 0.29) is 23.7 Å². The van der Waals surface area contributed by atoms with E-state index in [0.29, 0.717) is 16.5 Å². The number of phenolic OH excluding ortho intramolecular Hbond substituents is 1. The van der Waals surface area contributed by atoms with Gasteiger partial charge in [0.1, 0.15) is 11.6 Å². The molecular formula is C18H18BrFO4S. The fraction of sp³-hybridized carbons (Fsp3) is 0.333. The molecule has 1 fully saturated rings. The zero-order valence-electron chi connectivity index (χ0n) is 13.6. The second-order valence-electron chi connectivity index (χ2n) is 6.43. The van der Waals surface area contributed by atoms with Gasteiger partial charge in [0.25, 0.3) is 0 Å². The first-order valence-corrected chi connectivity index (χ1v) is 10.1. The van der Waals surface area contributed by atoms with Gasteiger partial charge >= 0.3 is 0 Å². The summed E-state index contributed by atoms with van der Waals surface area (Å²) in [7, 11) is -3.72. The van der Waals surface area contributed by atoms with Crippen LogP contribution in [0.25, 0.3) is 0 Å². The number of hydrogen-bond donors (Lipinski definition) is 1. The fourth-order valence-electron chi connectivity index (χ4n) is 3.11. The average molecular weight is 429 g/mol. The quantitative estimate of drug-likeness (QED) is 0.787. The molecule has 1 heterocycles. The van der Waals surface area contributed by atoms with Gasteiger partial charge in [0.05, 0.1) is 15.7 Å². The minimum atomic E-state index is -3.72. The van der Waals surface area contributed by atoms with Crippen LogP contribution in [0.1, 0.15) is 31.4 Å². The van der Waals surface area contributed by atoms with Crippen LogP contribution in [-0.2, 0) is 14.6 Å². The van der Waals surface area contributed by atoms with Crippen molar-refractivity contribution in [3.63, 3.8) is 0 Å². The number of phenols is 1. The van der Waals surface area contributed by atoms with E-state index in [2.05, 4.69) is 15.9 Å². The molecule has 1 aliphatic rings.